The van der Waals surface area contributed by atoms with Gasteiger partial charge in [-0.25, -0.2) is 0 Å². The summed E-state index contributed by atoms with van der Waals surface area (Å²) < 4.78 is 0. The third-order valence-electron chi connectivity index (χ3n) is 4.51. The van der Waals surface area contributed by atoms with E-state index in [1.54, 1.807) is 0 Å². The molecule has 2 aromatic rings. The lowest BCUT2D eigenvalue weighted by molar-refractivity contribution is -0.118. The highest BCUT2D eigenvalue weighted by atomic mass is 16.2. The molecule has 0 aromatic heterocycles. The van der Waals surface area contributed by atoms with Crippen LogP contribution in [0.3, 0.4) is 0 Å². The van der Waals surface area contributed by atoms with Crippen molar-refractivity contribution in [1.29, 1.82) is 0 Å². The third kappa shape index (κ3) is 2.46. The average molecular weight is 279 g/mol. The van der Waals surface area contributed by atoms with E-state index in [1.165, 1.54) is 5.56 Å². The van der Waals surface area contributed by atoms with E-state index in [0.717, 1.165) is 35.2 Å². The van der Waals surface area contributed by atoms with Gasteiger partial charge in [-0.2, -0.15) is 0 Å². The van der Waals surface area contributed by atoms with Crippen molar-refractivity contribution in [2.24, 2.45) is 0 Å². The van der Waals surface area contributed by atoms with Crippen LogP contribution in [0.1, 0.15) is 35.1 Å². The molecule has 1 N–H and O–H groups in total. The van der Waals surface area contributed by atoms with Gasteiger partial charge in [0.15, 0.2) is 0 Å². The summed E-state index contributed by atoms with van der Waals surface area (Å²) in [6.45, 7) is 6.14. The van der Waals surface area contributed by atoms with E-state index >= 15 is 0 Å². The highest BCUT2D eigenvalue weighted by Gasteiger charge is 2.51. The summed E-state index contributed by atoms with van der Waals surface area (Å²) in [5, 5.41) is 3.16. The number of hydrogen-bond donors (Lipinski definition) is 1. The van der Waals surface area contributed by atoms with Gasteiger partial charge in [-0.3, -0.25) is 4.79 Å². The zero-order valence-corrected chi connectivity index (χ0v) is 12.9. The Bertz CT molecular complexity index is 661. The van der Waals surface area contributed by atoms with Crippen molar-refractivity contribution in [1.82, 2.24) is 0 Å². The van der Waals surface area contributed by atoms with Gasteiger partial charge in [0.1, 0.15) is 0 Å². The number of aryl methyl sites for hydroxylation is 3. The van der Waals surface area contributed by atoms with Crippen LogP contribution in [0.15, 0.2) is 42.5 Å². The molecule has 1 amide bonds. The number of anilines is 1. The van der Waals surface area contributed by atoms with Crippen LogP contribution in [-0.2, 0) is 10.2 Å². The molecule has 2 nitrogen and oxygen atoms in total. The Morgan fingerprint density at radius 3 is 2.05 bits per heavy atom. The average Bonchev–Trinajstić information content (AvgIpc) is 3.25. The second-order valence-electron chi connectivity index (χ2n) is 6.17. The lowest BCUT2D eigenvalue weighted by atomic mass is 9.93. The standard InChI is InChI=1S/C19H21NO/c1-13-7-9-16(10-8-13)19(11-12-19)18(21)20-17-14(2)5-4-6-15(17)3/h4-10H,11-12H2,1-3H3,(H,20,21). The van der Waals surface area contributed by atoms with Gasteiger partial charge < -0.3 is 5.32 Å². The summed E-state index contributed by atoms with van der Waals surface area (Å²) in [5.41, 5.74) is 5.23. The van der Waals surface area contributed by atoms with Crippen LogP contribution in [0.2, 0.25) is 0 Å². The highest BCUT2D eigenvalue weighted by Crippen LogP contribution is 2.49. The number of para-hydroxylation sites is 1. The molecule has 1 saturated carbocycles. The van der Waals surface area contributed by atoms with Crippen LogP contribution < -0.4 is 5.32 Å². The highest BCUT2D eigenvalue weighted by molar-refractivity contribution is 6.02. The maximum Gasteiger partial charge on any atom is 0.235 e. The Kier molecular flexibility index (Phi) is 3.32. The maximum absolute atomic E-state index is 12.8. The number of hydrogen-bond acceptors (Lipinski definition) is 1. The molecule has 2 heteroatoms. The summed E-state index contributed by atoms with van der Waals surface area (Å²) >= 11 is 0. The van der Waals surface area contributed by atoms with Gasteiger partial charge in [0, 0.05) is 5.69 Å². The van der Waals surface area contributed by atoms with Crippen LogP contribution in [-0.4, -0.2) is 5.91 Å². The van der Waals surface area contributed by atoms with Crippen LogP contribution >= 0.6 is 0 Å². The molecule has 0 bridgehead atoms. The van der Waals surface area contributed by atoms with Crippen LogP contribution in [0.25, 0.3) is 0 Å². The van der Waals surface area contributed by atoms with Gasteiger partial charge in [-0.1, -0.05) is 48.0 Å². The zero-order valence-electron chi connectivity index (χ0n) is 12.9. The van der Waals surface area contributed by atoms with Gasteiger partial charge in [0.25, 0.3) is 0 Å². The fourth-order valence-corrected chi connectivity index (χ4v) is 2.89. The quantitative estimate of drug-likeness (QED) is 0.892. The molecule has 0 unspecified atom stereocenters. The predicted molar refractivity (Wildman–Crippen MR) is 86.6 cm³/mol. The van der Waals surface area contributed by atoms with Crippen molar-refractivity contribution in [2.45, 2.75) is 39.0 Å². The third-order valence-corrected chi connectivity index (χ3v) is 4.51. The summed E-state index contributed by atoms with van der Waals surface area (Å²) in [4.78, 5) is 12.8. The topological polar surface area (TPSA) is 29.1 Å². The second kappa shape index (κ2) is 5.03. The summed E-state index contributed by atoms with van der Waals surface area (Å²) in [6.07, 6.45) is 1.87. The van der Waals surface area contributed by atoms with E-state index in [1.807, 2.05) is 32.0 Å². The SMILES string of the molecule is Cc1ccc(C2(C(=O)Nc3c(C)cccc3C)CC2)cc1. The van der Waals surface area contributed by atoms with Crippen molar-refractivity contribution in [3.8, 4) is 0 Å². The number of rotatable bonds is 3. The van der Waals surface area contributed by atoms with Crippen molar-refractivity contribution in [2.75, 3.05) is 5.32 Å². The fraction of sp³-hybridized carbons (Fsp3) is 0.316. The molecule has 0 spiro atoms. The van der Waals surface area contributed by atoms with Crippen LogP contribution in [0.5, 0.6) is 0 Å². The number of nitrogens with one attached hydrogen (secondary N) is 1. The first-order chi connectivity index (χ1) is 10.0. The molecule has 3 rings (SSSR count). The molecule has 0 atom stereocenters. The first-order valence-electron chi connectivity index (χ1n) is 7.48. The molecular formula is C19H21NO. The van der Waals surface area contributed by atoms with Crippen molar-refractivity contribution < 1.29 is 4.79 Å². The molecule has 1 fully saturated rings. The normalized spacial score (nSPS) is 15.6. The number of carbonyl (C=O) groups is 1. The van der Waals surface area contributed by atoms with E-state index in [9.17, 15) is 4.79 Å². The van der Waals surface area contributed by atoms with E-state index < -0.39 is 0 Å². The number of amides is 1. The summed E-state index contributed by atoms with van der Waals surface area (Å²) in [5.74, 6) is 0.128. The van der Waals surface area contributed by atoms with E-state index in [2.05, 4.69) is 36.5 Å². The Morgan fingerprint density at radius 2 is 1.52 bits per heavy atom. The molecule has 1 aliphatic carbocycles. The van der Waals surface area contributed by atoms with Gasteiger partial charge in [0.05, 0.1) is 5.41 Å². The minimum absolute atomic E-state index is 0.128. The van der Waals surface area contributed by atoms with Gasteiger partial charge in [-0.15, -0.1) is 0 Å². The summed E-state index contributed by atoms with van der Waals surface area (Å²) in [7, 11) is 0. The van der Waals surface area contributed by atoms with Crippen LogP contribution in [0.4, 0.5) is 5.69 Å². The Hall–Kier alpha value is -2.09. The first-order valence-corrected chi connectivity index (χ1v) is 7.48. The van der Waals surface area contributed by atoms with Gasteiger partial charge >= 0.3 is 0 Å². The van der Waals surface area contributed by atoms with E-state index in [-0.39, 0.29) is 11.3 Å². The van der Waals surface area contributed by atoms with Gasteiger partial charge in [0.2, 0.25) is 5.91 Å². The summed E-state index contributed by atoms with van der Waals surface area (Å²) in [6, 6.07) is 14.4. The largest absolute Gasteiger partial charge is 0.325 e. The smallest absolute Gasteiger partial charge is 0.235 e. The molecular weight excluding hydrogens is 258 g/mol. The lowest BCUT2D eigenvalue weighted by Crippen LogP contribution is -2.28. The Labute approximate surface area is 126 Å². The van der Waals surface area contributed by atoms with Gasteiger partial charge in [-0.05, 0) is 50.3 Å². The van der Waals surface area contributed by atoms with Crippen molar-refractivity contribution in [3.63, 3.8) is 0 Å². The molecule has 0 radical (unpaired) electrons. The molecule has 2 aromatic carbocycles. The Morgan fingerprint density at radius 1 is 0.952 bits per heavy atom. The molecule has 108 valence electrons. The zero-order chi connectivity index (χ0) is 15.0. The first kappa shape index (κ1) is 13.9. The molecule has 0 aliphatic heterocycles. The van der Waals surface area contributed by atoms with Crippen molar-refractivity contribution >= 4 is 11.6 Å². The van der Waals surface area contributed by atoms with Crippen molar-refractivity contribution in [3.05, 3.63) is 64.7 Å². The molecule has 0 heterocycles. The second-order valence-corrected chi connectivity index (χ2v) is 6.17. The molecule has 21 heavy (non-hydrogen) atoms. The predicted octanol–water partition coefficient (Wildman–Crippen LogP) is 4.28. The minimum Gasteiger partial charge on any atom is -0.325 e. The maximum atomic E-state index is 12.8. The Balaban J connectivity index is 1.87. The van der Waals surface area contributed by atoms with E-state index in [4.69, 9.17) is 0 Å². The minimum atomic E-state index is -0.317. The number of carbonyl (C=O) groups excluding carboxylic acids is 1. The molecule has 0 saturated heterocycles. The van der Waals surface area contributed by atoms with E-state index in [0.29, 0.717) is 0 Å². The molecule has 1 aliphatic rings. The van der Waals surface area contributed by atoms with Crippen LogP contribution in [0, 0.1) is 20.8 Å². The number of benzene rings is 2. The fourth-order valence-electron chi connectivity index (χ4n) is 2.89. The lowest BCUT2D eigenvalue weighted by Gasteiger charge is -2.18. The monoisotopic (exact) mass is 279 g/mol.